The third kappa shape index (κ3) is 7.71. The van der Waals surface area contributed by atoms with Crippen molar-refractivity contribution in [2.24, 2.45) is 0 Å². The van der Waals surface area contributed by atoms with Gasteiger partial charge >= 0.3 is 6.09 Å². The number of benzene rings is 2. The maximum absolute atomic E-state index is 13.7. The average Bonchev–Trinajstić information content (AvgIpc) is 2.80. The molecule has 3 amide bonds. The summed E-state index contributed by atoms with van der Waals surface area (Å²) in [5.41, 5.74) is 1.18. The Kier molecular flexibility index (Phi) is 9.86. The van der Waals surface area contributed by atoms with E-state index in [9.17, 15) is 19.5 Å². The van der Waals surface area contributed by atoms with Crippen LogP contribution in [-0.4, -0.2) is 59.3 Å². The van der Waals surface area contributed by atoms with E-state index in [0.29, 0.717) is 17.0 Å². The highest BCUT2D eigenvalue weighted by molar-refractivity contribution is 5.99. The molecule has 9 nitrogen and oxygen atoms in total. The van der Waals surface area contributed by atoms with Crippen LogP contribution in [0.25, 0.3) is 0 Å². The first-order valence-electron chi connectivity index (χ1n) is 11.8. The minimum Gasteiger partial charge on any atom is -0.497 e. The van der Waals surface area contributed by atoms with Gasteiger partial charge in [-0.15, -0.1) is 0 Å². The van der Waals surface area contributed by atoms with Crippen molar-refractivity contribution >= 4 is 23.6 Å². The molecule has 9 heteroatoms. The van der Waals surface area contributed by atoms with E-state index < -0.39 is 48.2 Å². The Hall–Kier alpha value is -3.59. The number of aliphatic hydroxyl groups is 1. The summed E-state index contributed by atoms with van der Waals surface area (Å²) in [6, 6.07) is 11.3. The summed E-state index contributed by atoms with van der Waals surface area (Å²) in [7, 11) is 1.55. The fourth-order valence-electron chi connectivity index (χ4n) is 3.69. The van der Waals surface area contributed by atoms with E-state index in [2.05, 4.69) is 10.6 Å². The lowest BCUT2D eigenvalue weighted by molar-refractivity contribution is -0.143. The highest BCUT2D eigenvalue weighted by Crippen LogP contribution is 2.29. The number of aliphatic hydroxyl groups excluding tert-OH is 1. The zero-order chi connectivity index (χ0) is 27.0. The van der Waals surface area contributed by atoms with Gasteiger partial charge in [0, 0.05) is 11.7 Å². The van der Waals surface area contributed by atoms with E-state index in [-0.39, 0.29) is 0 Å². The van der Waals surface area contributed by atoms with Gasteiger partial charge < -0.3 is 30.1 Å². The number of anilines is 1. The lowest BCUT2D eigenvalue weighted by Crippen LogP contribution is -2.55. The first kappa shape index (κ1) is 28.6. The highest BCUT2D eigenvalue weighted by atomic mass is 16.6. The minimum absolute atomic E-state index is 0.439. The highest BCUT2D eigenvalue weighted by Gasteiger charge is 2.38. The van der Waals surface area contributed by atoms with Crippen molar-refractivity contribution in [1.82, 2.24) is 10.2 Å². The van der Waals surface area contributed by atoms with Gasteiger partial charge in [-0.1, -0.05) is 24.3 Å². The fraction of sp³-hybridized carbons (Fsp3) is 0.444. The molecule has 2 aromatic rings. The van der Waals surface area contributed by atoms with E-state index in [0.717, 1.165) is 5.56 Å². The molecule has 2 rings (SSSR count). The van der Waals surface area contributed by atoms with Crippen LogP contribution in [0, 0.1) is 6.92 Å². The molecule has 0 aliphatic carbocycles. The number of rotatable bonds is 9. The second-order valence-corrected chi connectivity index (χ2v) is 9.70. The predicted octanol–water partition coefficient (Wildman–Crippen LogP) is 3.81. The lowest BCUT2D eigenvalue weighted by Gasteiger charge is -2.37. The Morgan fingerprint density at radius 3 is 2.14 bits per heavy atom. The molecule has 0 saturated heterocycles. The van der Waals surface area contributed by atoms with Crippen molar-refractivity contribution < 1.29 is 29.0 Å². The van der Waals surface area contributed by atoms with Crippen LogP contribution >= 0.6 is 0 Å². The summed E-state index contributed by atoms with van der Waals surface area (Å²) in [5, 5.41) is 15.3. The van der Waals surface area contributed by atoms with Gasteiger partial charge in [0.05, 0.1) is 13.7 Å². The van der Waals surface area contributed by atoms with Gasteiger partial charge in [-0.2, -0.15) is 0 Å². The summed E-state index contributed by atoms with van der Waals surface area (Å²) >= 11 is 0. The zero-order valence-electron chi connectivity index (χ0n) is 22.0. The summed E-state index contributed by atoms with van der Waals surface area (Å²) in [5.74, 6) is -0.414. The Morgan fingerprint density at radius 2 is 1.64 bits per heavy atom. The van der Waals surface area contributed by atoms with Crippen LogP contribution in [0.2, 0.25) is 0 Å². The van der Waals surface area contributed by atoms with Gasteiger partial charge in [0.25, 0.3) is 5.91 Å². The largest absolute Gasteiger partial charge is 0.497 e. The molecule has 0 fully saturated rings. The van der Waals surface area contributed by atoms with Crippen molar-refractivity contribution in [1.29, 1.82) is 0 Å². The van der Waals surface area contributed by atoms with Crippen molar-refractivity contribution in [3.8, 4) is 5.75 Å². The van der Waals surface area contributed by atoms with Crippen molar-refractivity contribution in [2.45, 2.75) is 65.3 Å². The Morgan fingerprint density at radius 1 is 1.03 bits per heavy atom. The lowest BCUT2D eigenvalue weighted by atomic mass is 9.97. The van der Waals surface area contributed by atoms with E-state index in [1.807, 2.05) is 19.1 Å². The number of aryl methyl sites for hydroxylation is 1. The number of hydrogen-bond acceptors (Lipinski definition) is 6. The quantitative estimate of drug-likeness (QED) is 0.483. The summed E-state index contributed by atoms with van der Waals surface area (Å²) < 4.78 is 10.4. The second-order valence-electron chi connectivity index (χ2n) is 9.70. The normalized spacial score (nSPS) is 12.9. The van der Waals surface area contributed by atoms with Crippen molar-refractivity contribution in [2.75, 3.05) is 19.0 Å². The van der Waals surface area contributed by atoms with Crippen LogP contribution in [-0.2, 0) is 14.3 Å². The molecule has 0 saturated carbocycles. The maximum atomic E-state index is 13.7. The molecule has 0 bridgehead atoms. The molecule has 2 atom stereocenters. The number of carbonyl (C=O) groups excluding carboxylic acids is 3. The predicted molar refractivity (Wildman–Crippen MR) is 138 cm³/mol. The summed E-state index contributed by atoms with van der Waals surface area (Å²) in [4.78, 5) is 41.1. The number of methoxy groups -OCH3 is 1. The topological polar surface area (TPSA) is 117 Å². The van der Waals surface area contributed by atoms with Gasteiger partial charge in [-0.25, -0.2) is 4.79 Å². The van der Waals surface area contributed by atoms with Crippen LogP contribution in [0.1, 0.15) is 51.8 Å². The molecule has 3 N–H and O–H groups in total. The standard InChI is InChI=1S/C27H37N3O6/c1-17(2)30(25(33)22(16-31)29-26(34)36-27(4,5)6)23(21-11-9-8-10-18(21)3)24(32)28-19-12-14-20(35-7)15-13-19/h8-15,17,22-23,31H,16H2,1-7H3,(H,28,32)(H,29,34). The van der Waals surface area contributed by atoms with E-state index in [4.69, 9.17) is 9.47 Å². The minimum atomic E-state index is -1.30. The molecule has 0 aliphatic rings. The number of amides is 3. The summed E-state index contributed by atoms with van der Waals surface area (Å²) in [6.07, 6.45) is -0.839. The molecule has 0 aliphatic heterocycles. The number of alkyl carbamates (subject to hydrolysis) is 1. The van der Waals surface area contributed by atoms with Gasteiger partial charge in [0.1, 0.15) is 23.4 Å². The average molecular weight is 500 g/mol. The third-order valence-corrected chi connectivity index (χ3v) is 5.35. The molecular weight excluding hydrogens is 462 g/mol. The van der Waals surface area contributed by atoms with Gasteiger partial charge in [-0.05, 0) is 76.9 Å². The monoisotopic (exact) mass is 499 g/mol. The van der Waals surface area contributed by atoms with Crippen LogP contribution in [0.4, 0.5) is 10.5 Å². The zero-order valence-corrected chi connectivity index (χ0v) is 22.0. The molecule has 0 spiro atoms. The third-order valence-electron chi connectivity index (χ3n) is 5.35. The van der Waals surface area contributed by atoms with Gasteiger partial charge in [0.15, 0.2) is 0 Å². The van der Waals surface area contributed by atoms with E-state index >= 15 is 0 Å². The Balaban J connectivity index is 2.45. The molecule has 196 valence electrons. The van der Waals surface area contributed by atoms with Crippen LogP contribution in [0.3, 0.4) is 0 Å². The van der Waals surface area contributed by atoms with Crippen molar-refractivity contribution in [3.05, 3.63) is 59.7 Å². The van der Waals surface area contributed by atoms with E-state index in [1.165, 1.54) is 4.90 Å². The smallest absolute Gasteiger partial charge is 0.408 e. The fourth-order valence-corrected chi connectivity index (χ4v) is 3.69. The van der Waals surface area contributed by atoms with Crippen LogP contribution in [0.15, 0.2) is 48.5 Å². The van der Waals surface area contributed by atoms with Crippen LogP contribution in [0.5, 0.6) is 5.75 Å². The summed E-state index contributed by atoms with van der Waals surface area (Å²) in [6.45, 7) is 9.81. The number of nitrogens with zero attached hydrogens (tertiary/aromatic N) is 1. The number of hydrogen-bond donors (Lipinski definition) is 3. The molecule has 2 aromatic carbocycles. The van der Waals surface area contributed by atoms with Gasteiger partial charge in [0.2, 0.25) is 5.91 Å². The number of ether oxygens (including phenoxy) is 2. The Labute approximate surface area is 212 Å². The molecule has 0 heterocycles. The molecule has 36 heavy (non-hydrogen) atoms. The first-order chi connectivity index (χ1) is 16.9. The van der Waals surface area contributed by atoms with Crippen molar-refractivity contribution in [3.63, 3.8) is 0 Å². The molecular formula is C27H37N3O6. The second kappa shape index (κ2) is 12.4. The van der Waals surface area contributed by atoms with E-state index in [1.54, 1.807) is 78.1 Å². The molecule has 0 aromatic heterocycles. The molecule has 2 unspecified atom stereocenters. The number of nitrogens with one attached hydrogen (secondary N) is 2. The first-order valence-corrected chi connectivity index (χ1v) is 11.8. The molecule has 0 radical (unpaired) electrons. The SMILES string of the molecule is COc1ccc(NC(=O)C(c2ccccc2C)N(C(=O)C(CO)NC(=O)OC(C)(C)C)C(C)C)cc1. The number of carbonyl (C=O) groups is 3. The van der Waals surface area contributed by atoms with Gasteiger partial charge in [-0.3, -0.25) is 9.59 Å². The Bertz CT molecular complexity index is 1050. The van der Waals surface area contributed by atoms with Crippen LogP contribution < -0.4 is 15.4 Å². The maximum Gasteiger partial charge on any atom is 0.408 e.